The summed E-state index contributed by atoms with van der Waals surface area (Å²) in [5.41, 5.74) is 1.18. The number of halogens is 1. The van der Waals surface area contributed by atoms with Gasteiger partial charge < -0.3 is 5.11 Å². The van der Waals surface area contributed by atoms with Crippen LogP contribution in [0.15, 0.2) is 27.6 Å². The molecule has 0 radical (unpaired) electrons. The van der Waals surface area contributed by atoms with Crippen LogP contribution in [0.5, 0.6) is 0 Å². The molecule has 0 heterocycles. The van der Waals surface area contributed by atoms with Crippen molar-refractivity contribution in [1.29, 1.82) is 0 Å². The van der Waals surface area contributed by atoms with Crippen molar-refractivity contribution in [1.82, 2.24) is 0 Å². The minimum absolute atomic E-state index is 0.199. The van der Waals surface area contributed by atoms with Crippen LogP contribution >= 0.6 is 27.7 Å². The van der Waals surface area contributed by atoms with Crippen molar-refractivity contribution in [3.05, 3.63) is 28.2 Å². The smallest absolute Gasteiger partial charge is 0.0497 e. The molecule has 0 fully saturated rings. The van der Waals surface area contributed by atoms with Gasteiger partial charge in [0.2, 0.25) is 0 Å². The molecule has 1 N–H and O–H groups in total. The van der Waals surface area contributed by atoms with E-state index < -0.39 is 0 Å². The zero-order valence-corrected chi connectivity index (χ0v) is 10.2. The Hall–Kier alpha value is 0.01000. The van der Waals surface area contributed by atoms with E-state index >= 15 is 0 Å². The average Bonchev–Trinajstić information content (AvgIpc) is 2.15. The molecule has 1 nitrogen and oxygen atoms in total. The van der Waals surface area contributed by atoms with Gasteiger partial charge in [0.05, 0.1) is 0 Å². The van der Waals surface area contributed by atoms with Crippen LogP contribution in [-0.2, 0) is 0 Å². The first-order chi connectivity index (χ1) is 6.17. The minimum atomic E-state index is 0.199. The van der Waals surface area contributed by atoms with Gasteiger partial charge in [0.15, 0.2) is 0 Å². The predicted molar refractivity (Wildman–Crippen MR) is 61.4 cm³/mol. The van der Waals surface area contributed by atoms with E-state index in [9.17, 15) is 0 Å². The average molecular weight is 261 g/mol. The molecule has 0 spiro atoms. The maximum absolute atomic E-state index is 9.02. The van der Waals surface area contributed by atoms with Gasteiger partial charge in [-0.05, 0) is 30.0 Å². The van der Waals surface area contributed by atoms with E-state index in [1.807, 2.05) is 6.92 Å². The highest BCUT2D eigenvalue weighted by Gasteiger charge is 2.05. The lowest BCUT2D eigenvalue weighted by atomic mass is 10.0. The van der Waals surface area contributed by atoms with Gasteiger partial charge in [0, 0.05) is 21.9 Å². The number of rotatable bonds is 3. The highest BCUT2D eigenvalue weighted by molar-refractivity contribution is 9.10. The summed E-state index contributed by atoms with van der Waals surface area (Å²) < 4.78 is 1.08. The number of thioether (sulfide) groups is 1. The third-order valence-electron chi connectivity index (χ3n) is 1.97. The topological polar surface area (TPSA) is 20.2 Å². The van der Waals surface area contributed by atoms with Crippen LogP contribution < -0.4 is 0 Å². The first-order valence-electron chi connectivity index (χ1n) is 4.12. The molecule has 0 aliphatic heterocycles. The molecule has 1 aromatic carbocycles. The number of aliphatic hydroxyl groups excluding tert-OH is 1. The quantitative estimate of drug-likeness (QED) is 0.843. The van der Waals surface area contributed by atoms with Gasteiger partial charge in [-0.25, -0.2) is 0 Å². The molecule has 1 atom stereocenters. The third kappa shape index (κ3) is 3.01. The van der Waals surface area contributed by atoms with Crippen LogP contribution in [0.2, 0.25) is 0 Å². The lowest BCUT2D eigenvalue weighted by Crippen LogP contribution is -1.98. The first-order valence-corrected chi connectivity index (χ1v) is 6.14. The van der Waals surface area contributed by atoms with Gasteiger partial charge >= 0.3 is 0 Å². The zero-order chi connectivity index (χ0) is 9.84. The van der Waals surface area contributed by atoms with E-state index in [2.05, 4.69) is 40.4 Å². The number of benzene rings is 1. The molecular weight excluding hydrogens is 248 g/mol. The van der Waals surface area contributed by atoms with Crippen molar-refractivity contribution in [3.8, 4) is 0 Å². The van der Waals surface area contributed by atoms with E-state index in [1.165, 1.54) is 10.5 Å². The SMILES string of the molecule is CSc1cc(Br)cc(C(C)CO)c1. The Morgan fingerprint density at radius 2 is 2.15 bits per heavy atom. The molecular formula is C10H13BrOS. The molecule has 0 saturated carbocycles. The zero-order valence-electron chi connectivity index (χ0n) is 7.75. The van der Waals surface area contributed by atoms with Crippen LogP contribution in [-0.4, -0.2) is 18.0 Å². The summed E-state index contributed by atoms with van der Waals surface area (Å²) in [7, 11) is 0. The van der Waals surface area contributed by atoms with Crippen molar-refractivity contribution in [2.75, 3.05) is 12.9 Å². The Labute approximate surface area is 91.7 Å². The largest absolute Gasteiger partial charge is 0.396 e. The molecule has 0 amide bonds. The fourth-order valence-electron chi connectivity index (χ4n) is 1.09. The number of hydrogen-bond acceptors (Lipinski definition) is 2. The van der Waals surface area contributed by atoms with Gasteiger partial charge in [-0.3, -0.25) is 0 Å². The highest BCUT2D eigenvalue weighted by atomic mass is 79.9. The summed E-state index contributed by atoms with van der Waals surface area (Å²) in [4.78, 5) is 1.23. The van der Waals surface area contributed by atoms with Crippen LogP contribution in [0.4, 0.5) is 0 Å². The van der Waals surface area contributed by atoms with Crippen LogP contribution in [0.25, 0.3) is 0 Å². The van der Waals surface area contributed by atoms with Crippen LogP contribution in [0.3, 0.4) is 0 Å². The van der Waals surface area contributed by atoms with E-state index in [4.69, 9.17) is 5.11 Å². The van der Waals surface area contributed by atoms with Gasteiger partial charge in [-0.2, -0.15) is 0 Å². The summed E-state index contributed by atoms with van der Waals surface area (Å²) in [5, 5.41) is 9.02. The molecule has 72 valence electrons. The van der Waals surface area contributed by atoms with E-state index in [-0.39, 0.29) is 12.5 Å². The standard InChI is InChI=1S/C10H13BrOS/c1-7(6-12)8-3-9(11)5-10(4-8)13-2/h3-5,7,12H,6H2,1-2H3. The Kier molecular flexibility index (Phi) is 4.29. The van der Waals surface area contributed by atoms with E-state index in [0.717, 1.165) is 4.47 Å². The molecule has 0 aliphatic carbocycles. The third-order valence-corrected chi connectivity index (χ3v) is 3.14. The molecule has 1 unspecified atom stereocenters. The lowest BCUT2D eigenvalue weighted by Gasteiger charge is -2.10. The molecule has 1 rings (SSSR count). The van der Waals surface area contributed by atoms with Crippen molar-refractivity contribution < 1.29 is 5.11 Å². The Bertz CT molecular complexity index is 288. The monoisotopic (exact) mass is 260 g/mol. The fourth-order valence-corrected chi connectivity index (χ4v) is 2.25. The molecule has 0 aromatic heterocycles. The van der Waals surface area contributed by atoms with Gasteiger partial charge in [-0.1, -0.05) is 22.9 Å². The first kappa shape index (κ1) is 11.1. The Morgan fingerprint density at radius 1 is 1.46 bits per heavy atom. The van der Waals surface area contributed by atoms with Gasteiger partial charge in [-0.15, -0.1) is 11.8 Å². The fraction of sp³-hybridized carbons (Fsp3) is 0.400. The molecule has 0 bridgehead atoms. The van der Waals surface area contributed by atoms with Crippen molar-refractivity contribution in [2.45, 2.75) is 17.7 Å². The molecule has 0 aliphatic rings. The summed E-state index contributed by atoms with van der Waals surface area (Å²) in [6.45, 7) is 2.22. The molecule has 0 saturated heterocycles. The van der Waals surface area contributed by atoms with Gasteiger partial charge in [0.25, 0.3) is 0 Å². The summed E-state index contributed by atoms with van der Waals surface area (Å²) in [5.74, 6) is 0.211. The normalized spacial score (nSPS) is 12.9. The highest BCUT2D eigenvalue weighted by Crippen LogP contribution is 2.26. The molecule has 3 heteroatoms. The maximum atomic E-state index is 9.02. The lowest BCUT2D eigenvalue weighted by molar-refractivity contribution is 0.273. The van der Waals surface area contributed by atoms with Crippen molar-refractivity contribution in [3.63, 3.8) is 0 Å². The number of hydrogen-bond donors (Lipinski definition) is 1. The Morgan fingerprint density at radius 3 is 2.69 bits per heavy atom. The van der Waals surface area contributed by atoms with Crippen molar-refractivity contribution in [2.24, 2.45) is 0 Å². The predicted octanol–water partition coefficient (Wildman–Crippen LogP) is 3.27. The minimum Gasteiger partial charge on any atom is -0.396 e. The summed E-state index contributed by atoms with van der Waals surface area (Å²) in [6, 6.07) is 6.26. The van der Waals surface area contributed by atoms with Crippen LogP contribution in [0.1, 0.15) is 18.4 Å². The van der Waals surface area contributed by atoms with Crippen molar-refractivity contribution >= 4 is 27.7 Å². The second-order valence-corrected chi connectivity index (χ2v) is 4.80. The van der Waals surface area contributed by atoms with E-state index in [1.54, 1.807) is 11.8 Å². The summed E-state index contributed by atoms with van der Waals surface area (Å²) >= 11 is 5.17. The Balaban J connectivity index is 3.01. The second kappa shape index (κ2) is 5.03. The molecule has 1 aromatic rings. The van der Waals surface area contributed by atoms with Crippen LogP contribution in [0, 0.1) is 0 Å². The second-order valence-electron chi connectivity index (χ2n) is 3.01. The summed E-state index contributed by atoms with van der Waals surface area (Å²) in [6.07, 6.45) is 2.05. The van der Waals surface area contributed by atoms with Gasteiger partial charge in [0.1, 0.15) is 0 Å². The van der Waals surface area contributed by atoms with E-state index in [0.29, 0.717) is 0 Å². The molecule has 13 heavy (non-hydrogen) atoms. The number of aliphatic hydroxyl groups is 1. The maximum Gasteiger partial charge on any atom is 0.0497 e.